The number of aryl methyl sites for hydroxylation is 1. The molecule has 0 spiro atoms. The van der Waals surface area contributed by atoms with Crippen molar-refractivity contribution in [3.8, 4) is 11.3 Å². The predicted octanol–water partition coefficient (Wildman–Crippen LogP) is 2.10. The summed E-state index contributed by atoms with van der Waals surface area (Å²) in [4.78, 5) is 13.2. The van der Waals surface area contributed by atoms with Crippen LogP contribution in [0.25, 0.3) is 11.3 Å². The van der Waals surface area contributed by atoms with Gasteiger partial charge in [-0.3, -0.25) is 4.98 Å². The van der Waals surface area contributed by atoms with Crippen molar-refractivity contribution in [2.75, 3.05) is 0 Å². The van der Waals surface area contributed by atoms with E-state index in [1.165, 1.54) is 12.8 Å². The lowest BCUT2D eigenvalue weighted by atomic mass is 10.2. The summed E-state index contributed by atoms with van der Waals surface area (Å²) in [6.07, 6.45) is 6.16. The molecule has 0 radical (unpaired) electrons. The second-order valence-corrected chi connectivity index (χ2v) is 4.71. The van der Waals surface area contributed by atoms with Crippen LogP contribution in [-0.2, 0) is 6.54 Å². The van der Waals surface area contributed by atoms with Crippen molar-refractivity contribution in [1.29, 1.82) is 0 Å². The SMILES string of the molecule is Cc1cc(-c2cccnc2)nc(CNC2CC2)n1. The summed E-state index contributed by atoms with van der Waals surface area (Å²) < 4.78 is 0. The molecule has 0 bridgehead atoms. The zero-order valence-electron chi connectivity index (χ0n) is 10.4. The second-order valence-electron chi connectivity index (χ2n) is 4.71. The molecule has 1 N–H and O–H groups in total. The van der Waals surface area contributed by atoms with Crippen LogP contribution in [-0.4, -0.2) is 21.0 Å². The van der Waals surface area contributed by atoms with Gasteiger partial charge in [0, 0.05) is 29.7 Å². The number of aromatic nitrogens is 3. The second kappa shape index (κ2) is 4.82. The Hall–Kier alpha value is -1.81. The molecule has 0 unspecified atom stereocenters. The van der Waals surface area contributed by atoms with E-state index < -0.39 is 0 Å². The van der Waals surface area contributed by atoms with Crippen LogP contribution in [0.5, 0.6) is 0 Å². The summed E-state index contributed by atoms with van der Waals surface area (Å²) in [6.45, 7) is 2.75. The monoisotopic (exact) mass is 240 g/mol. The van der Waals surface area contributed by atoms with E-state index in [0.717, 1.165) is 29.3 Å². The van der Waals surface area contributed by atoms with Crippen molar-refractivity contribution in [2.24, 2.45) is 0 Å². The highest BCUT2D eigenvalue weighted by Crippen LogP contribution is 2.20. The molecule has 1 saturated carbocycles. The van der Waals surface area contributed by atoms with E-state index in [1.54, 1.807) is 6.20 Å². The van der Waals surface area contributed by atoms with E-state index in [1.807, 2.05) is 31.3 Å². The highest BCUT2D eigenvalue weighted by atomic mass is 15.0. The minimum absolute atomic E-state index is 0.677. The van der Waals surface area contributed by atoms with Crippen molar-refractivity contribution >= 4 is 0 Å². The first-order valence-electron chi connectivity index (χ1n) is 6.29. The molecule has 4 nitrogen and oxygen atoms in total. The number of nitrogens with one attached hydrogen (secondary N) is 1. The van der Waals surface area contributed by atoms with Crippen molar-refractivity contribution in [3.63, 3.8) is 0 Å². The van der Waals surface area contributed by atoms with Crippen molar-refractivity contribution in [1.82, 2.24) is 20.3 Å². The van der Waals surface area contributed by atoms with E-state index in [2.05, 4.69) is 20.3 Å². The van der Waals surface area contributed by atoms with Crippen molar-refractivity contribution < 1.29 is 0 Å². The molecule has 0 atom stereocenters. The Balaban J connectivity index is 1.85. The van der Waals surface area contributed by atoms with Gasteiger partial charge in [-0.1, -0.05) is 0 Å². The van der Waals surface area contributed by atoms with Gasteiger partial charge in [-0.2, -0.15) is 0 Å². The number of hydrogen-bond donors (Lipinski definition) is 1. The van der Waals surface area contributed by atoms with Gasteiger partial charge < -0.3 is 5.32 Å². The minimum atomic E-state index is 0.677. The third-order valence-electron chi connectivity index (χ3n) is 2.98. The highest BCUT2D eigenvalue weighted by molar-refractivity contribution is 5.57. The zero-order chi connectivity index (χ0) is 12.4. The Kier molecular flexibility index (Phi) is 3.02. The standard InChI is InChI=1S/C14H16N4/c1-10-7-13(11-3-2-6-15-8-11)18-14(17-10)9-16-12-4-5-12/h2-3,6-8,12,16H,4-5,9H2,1H3. The van der Waals surface area contributed by atoms with E-state index in [9.17, 15) is 0 Å². The maximum atomic E-state index is 4.59. The minimum Gasteiger partial charge on any atom is -0.307 e. The van der Waals surface area contributed by atoms with Crippen LogP contribution in [0.2, 0.25) is 0 Å². The lowest BCUT2D eigenvalue weighted by molar-refractivity contribution is 0.656. The van der Waals surface area contributed by atoms with Gasteiger partial charge in [-0.15, -0.1) is 0 Å². The Morgan fingerprint density at radius 3 is 2.94 bits per heavy atom. The molecule has 4 heteroatoms. The number of pyridine rings is 1. The summed E-state index contributed by atoms with van der Waals surface area (Å²) in [5, 5.41) is 3.44. The molecular weight excluding hydrogens is 224 g/mol. The third kappa shape index (κ3) is 2.71. The van der Waals surface area contributed by atoms with Crippen LogP contribution in [0.3, 0.4) is 0 Å². The van der Waals surface area contributed by atoms with Gasteiger partial charge >= 0.3 is 0 Å². The maximum Gasteiger partial charge on any atom is 0.143 e. The normalized spacial score (nSPS) is 14.7. The number of hydrogen-bond acceptors (Lipinski definition) is 4. The first-order valence-corrected chi connectivity index (χ1v) is 6.29. The van der Waals surface area contributed by atoms with Crippen molar-refractivity contribution in [3.05, 3.63) is 42.1 Å². The summed E-state index contributed by atoms with van der Waals surface area (Å²) in [5.41, 5.74) is 2.98. The van der Waals surface area contributed by atoms with E-state index >= 15 is 0 Å². The molecule has 18 heavy (non-hydrogen) atoms. The van der Waals surface area contributed by atoms with Crippen LogP contribution in [0.4, 0.5) is 0 Å². The average Bonchev–Trinajstić information content (AvgIpc) is 3.21. The lowest BCUT2D eigenvalue weighted by Gasteiger charge is -2.06. The van der Waals surface area contributed by atoms with Gasteiger partial charge in [0.1, 0.15) is 5.82 Å². The molecular formula is C14H16N4. The quantitative estimate of drug-likeness (QED) is 0.889. The van der Waals surface area contributed by atoms with Crippen LogP contribution in [0.1, 0.15) is 24.4 Å². The molecule has 0 saturated heterocycles. The van der Waals surface area contributed by atoms with Gasteiger partial charge in [0.2, 0.25) is 0 Å². The maximum absolute atomic E-state index is 4.59. The Labute approximate surface area is 107 Å². The van der Waals surface area contributed by atoms with E-state index in [0.29, 0.717) is 6.04 Å². The molecule has 2 heterocycles. The molecule has 0 aromatic carbocycles. The van der Waals surface area contributed by atoms with Crippen LogP contribution in [0.15, 0.2) is 30.6 Å². The van der Waals surface area contributed by atoms with Crippen LogP contribution >= 0.6 is 0 Å². The molecule has 0 aliphatic heterocycles. The smallest absolute Gasteiger partial charge is 0.143 e. The van der Waals surface area contributed by atoms with Gasteiger partial charge in [0.25, 0.3) is 0 Å². The average molecular weight is 240 g/mol. The summed E-state index contributed by atoms with van der Waals surface area (Å²) >= 11 is 0. The van der Waals surface area contributed by atoms with Crippen LogP contribution < -0.4 is 5.32 Å². The van der Waals surface area contributed by atoms with Gasteiger partial charge in [-0.05, 0) is 38.0 Å². The number of nitrogens with zero attached hydrogens (tertiary/aromatic N) is 3. The third-order valence-corrected chi connectivity index (χ3v) is 2.98. The highest BCUT2D eigenvalue weighted by Gasteiger charge is 2.20. The van der Waals surface area contributed by atoms with Gasteiger partial charge in [0.15, 0.2) is 0 Å². The molecule has 92 valence electrons. The van der Waals surface area contributed by atoms with Gasteiger partial charge in [0.05, 0.1) is 12.2 Å². The summed E-state index contributed by atoms with van der Waals surface area (Å²) in [7, 11) is 0. The molecule has 3 rings (SSSR count). The topological polar surface area (TPSA) is 50.7 Å². The first-order chi connectivity index (χ1) is 8.81. The van der Waals surface area contributed by atoms with Crippen molar-refractivity contribution in [2.45, 2.75) is 32.4 Å². The van der Waals surface area contributed by atoms with E-state index in [-0.39, 0.29) is 0 Å². The Bertz CT molecular complexity index is 535. The Morgan fingerprint density at radius 2 is 2.22 bits per heavy atom. The lowest BCUT2D eigenvalue weighted by Crippen LogP contribution is -2.17. The predicted molar refractivity (Wildman–Crippen MR) is 69.9 cm³/mol. The Morgan fingerprint density at radius 1 is 1.33 bits per heavy atom. The fourth-order valence-corrected chi connectivity index (χ4v) is 1.89. The molecule has 1 aliphatic rings. The van der Waals surface area contributed by atoms with Gasteiger partial charge in [-0.25, -0.2) is 9.97 Å². The molecule has 0 amide bonds. The first kappa shape index (κ1) is 11.3. The summed E-state index contributed by atoms with van der Waals surface area (Å²) in [6, 6.07) is 6.62. The molecule has 2 aromatic heterocycles. The molecule has 2 aromatic rings. The van der Waals surface area contributed by atoms with Crippen LogP contribution in [0, 0.1) is 6.92 Å². The largest absolute Gasteiger partial charge is 0.307 e. The number of rotatable bonds is 4. The zero-order valence-corrected chi connectivity index (χ0v) is 10.4. The van der Waals surface area contributed by atoms with E-state index in [4.69, 9.17) is 0 Å². The molecule has 1 fully saturated rings. The fraction of sp³-hybridized carbons (Fsp3) is 0.357. The fourth-order valence-electron chi connectivity index (χ4n) is 1.89. The molecule has 1 aliphatic carbocycles. The summed E-state index contributed by atoms with van der Waals surface area (Å²) in [5.74, 6) is 0.862.